The Hall–Kier alpha value is -2.14. The number of fused-ring (bicyclic) bond motifs is 1. The highest BCUT2D eigenvalue weighted by molar-refractivity contribution is 5.95. The van der Waals surface area contributed by atoms with Crippen LogP contribution >= 0.6 is 0 Å². The molecule has 1 unspecified atom stereocenters. The minimum Gasteiger partial charge on any atom is -0.376 e. The van der Waals surface area contributed by atoms with E-state index in [2.05, 4.69) is 5.32 Å². The fraction of sp³-hybridized carbons (Fsp3) is 0.375. The van der Waals surface area contributed by atoms with Gasteiger partial charge in [0.15, 0.2) is 5.43 Å². The van der Waals surface area contributed by atoms with Crippen LogP contribution in [0.3, 0.4) is 0 Å². The van der Waals surface area contributed by atoms with Crippen molar-refractivity contribution in [2.75, 3.05) is 13.2 Å². The summed E-state index contributed by atoms with van der Waals surface area (Å²) >= 11 is 0. The van der Waals surface area contributed by atoms with E-state index in [9.17, 15) is 9.59 Å². The zero-order valence-electron chi connectivity index (χ0n) is 12.0. The van der Waals surface area contributed by atoms with E-state index < -0.39 is 0 Å². The number of para-hydroxylation sites is 1. The first kappa shape index (κ1) is 13.8. The molecule has 1 aromatic carbocycles. The number of amides is 1. The molecule has 0 bridgehead atoms. The molecule has 5 heteroatoms. The van der Waals surface area contributed by atoms with Gasteiger partial charge in [-0.3, -0.25) is 9.59 Å². The van der Waals surface area contributed by atoms with Crippen molar-refractivity contribution in [1.29, 1.82) is 0 Å². The maximum atomic E-state index is 12.3. The number of aryl methyl sites for hydroxylation is 1. The predicted molar refractivity (Wildman–Crippen MR) is 80.5 cm³/mol. The SMILES string of the molecule is Cn1c(C(=O)NCC2CCCO2)cc(=O)c2ccccc21. The molecule has 5 nitrogen and oxygen atoms in total. The van der Waals surface area contributed by atoms with Gasteiger partial charge in [0.1, 0.15) is 5.69 Å². The second kappa shape index (κ2) is 5.69. The number of aromatic nitrogens is 1. The molecule has 1 aliphatic heterocycles. The summed E-state index contributed by atoms with van der Waals surface area (Å²) in [6, 6.07) is 8.68. The Morgan fingerprint density at radius 1 is 1.43 bits per heavy atom. The van der Waals surface area contributed by atoms with E-state index in [-0.39, 0.29) is 17.4 Å². The minimum absolute atomic E-state index is 0.0893. The van der Waals surface area contributed by atoms with Crippen LogP contribution in [0.15, 0.2) is 35.1 Å². The Kier molecular flexibility index (Phi) is 3.75. The summed E-state index contributed by atoms with van der Waals surface area (Å²) in [6.45, 7) is 1.24. The summed E-state index contributed by atoms with van der Waals surface area (Å²) < 4.78 is 7.23. The van der Waals surface area contributed by atoms with Crippen LogP contribution in [0.2, 0.25) is 0 Å². The zero-order valence-corrected chi connectivity index (χ0v) is 12.0. The van der Waals surface area contributed by atoms with Gasteiger partial charge in [-0.15, -0.1) is 0 Å². The summed E-state index contributed by atoms with van der Waals surface area (Å²) in [5, 5.41) is 3.47. The average molecular weight is 286 g/mol. The number of carbonyl (C=O) groups is 1. The molecule has 110 valence electrons. The number of nitrogens with zero attached hydrogens (tertiary/aromatic N) is 1. The number of hydrogen-bond acceptors (Lipinski definition) is 3. The van der Waals surface area contributed by atoms with E-state index in [0.29, 0.717) is 17.6 Å². The zero-order chi connectivity index (χ0) is 14.8. The Balaban J connectivity index is 1.87. The lowest BCUT2D eigenvalue weighted by atomic mass is 10.1. The van der Waals surface area contributed by atoms with Crippen molar-refractivity contribution in [1.82, 2.24) is 9.88 Å². The summed E-state index contributed by atoms with van der Waals surface area (Å²) in [4.78, 5) is 24.4. The first-order valence-corrected chi connectivity index (χ1v) is 7.15. The highest BCUT2D eigenvalue weighted by atomic mass is 16.5. The molecule has 1 atom stereocenters. The van der Waals surface area contributed by atoms with Crippen molar-refractivity contribution in [2.24, 2.45) is 7.05 Å². The number of carbonyl (C=O) groups excluding carboxylic acids is 1. The van der Waals surface area contributed by atoms with Gasteiger partial charge in [-0.1, -0.05) is 12.1 Å². The molecular formula is C16H18N2O3. The number of benzene rings is 1. The van der Waals surface area contributed by atoms with Crippen LogP contribution in [0.1, 0.15) is 23.3 Å². The lowest BCUT2D eigenvalue weighted by Crippen LogP contribution is -2.34. The van der Waals surface area contributed by atoms with Crippen LogP contribution in [0.25, 0.3) is 10.9 Å². The molecule has 2 heterocycles. The third-order valence-electron chi connectivity index (χ3n) is 3.91. The smallest absolute Gasteiger partial charge is 0.268 e. The number of pyridine rings is 1. The Labute approximate surface area is 122 Å². The van der Waals surface area contributed by atoms with Gasteiger partial charge in [-0.25, -0.2) is 0 Å². The van der Waals surface area contributed by atoms with Gasteiger partial charge >= 0.3 is 0 Å². The van der Waals surface area contributed by atoms with Gasteiger partial charge in [-0.05, 0) is 25.0 Å². The molecule has 1 N–H and O–H groups in total. The summed E-state index contributed by atoms with van der Waals surface area (Å²) in [5.74, 6) is -0.240. The van der Waals surface area contributed by atoms with Crippen molar-refractivity contribution in [2.45, 2.75) is 18.9 Å². The number of nitrogens with one attached hydrogen (secondary N) is 1. The van der Waals surface area contributed by atoms with E-state index in [1.165, 1.54) is 6.07 Å². The van der Waals surface area contributed by atoms with E-state index in [4.69, 9.17) is 4.74 Å². The molecule has 3 rings (SSSR count). The highest BCUT2D eigenvalue weighted by Crippen LogP contribution is 2.13. The summed E-state index contributed by atoms with van der Waals surface area (Å²) in [7, 11) is 1.79. The van der Waals surface area contributed by atoms with Gasteiger partial charge in [0.05, 0.1) is 11.6 Å². The monoisotopic (exact) mass is 286 g/mol. The Bertz CT molecular complexity index is 730. The normalized spacial score (nSPS) is 18.0. The highest BCUT2D eigenvalue weighted by Gasteiger charge is 2.18. The van der Waals surface area contributed by atoms with Crippen LogP contribution in [-0.4, -0.2) is 29.7 Å². The van der Waals surface area contributed by atoms with Gasteiger partial charge in [0.25, 0.3) is 5.91 Å². The molecule has 1 saturated heterocycles. The molecule has 1 aromatic heterocycles. The van der Waals surface area contributed by atoms with Crippen LogP contribution < -0.4 is 10.7 Å². The molecule has 1 amide bonds. The van der Waals surface area contributed by atoms with Gasteiger partial charge in [0.2, 0.25) is 0 Å². The maximum absolute atomic E-state index is 12.3. The molecule has 0 spiro atoms. The molecule has 0 aliphatic carbocycles. The summed E-state index contributed by atoms with van der Waals surface area (Å²) in [5.41, 5.74) is 0.995. The molecule has 1 aliphatic rings. The Morgan fingerprint density at radius 3 is 3.00 bits per heavy atom. The van der Waals surface area contributed by atoms with Crippen molar-refractivity contribution in [3.63, 3.8) is 0 Å². The van der Waals surface area contributed by atoms with Crippen LogP contribution in [-0.2, 0) is 11.8 Å². The van der Waals surface area contributed by atoms with Crippen LogP contribution in [0.5, 0.6) is 0 Å². The second-order valence-electron chi connectivity index (χ2n) is 5.32. The average Bonchev–Trinajstić information content (AvgIpc) is 3.02. The third kappa shape index (κ3) is 2.69. The molecule has 1 fully saturated rings. The first-order valence-electron chi connectivity index (χ1n) is 7.15. The fourth-order valence-corrected chi connectivity index (χ4v) is 2.72. The van der Waals surface area contributed by atoms with E-state index in [1.54, 1.807) is 17.7 Å². The fourth-order valence-electron chi connectivity index (χ4n) is 2.72. The van der Waals surface area contributed by atoms with Crippen molar-refractivity contribution < 1.29 is 9.53 Å². The van der Waals surface area contributed by atoms with Crippen LogP contribution in [0.4, 0.5) is 0 Å². The van der Waals surface area contributed by atoms with Crippen molar-refractivity contribution in [3.8, 4) is 0 Å². The topological polar surface area (TPSA) is 60.3 Å². The lowest BCUT2D eigenvalue weighted by molar-refractivity contribution is 0.0851. The van der Waals surface area contributed by atoms with Crippen molar-refractivity contribution >= 4 is 16.8 Å². The number of ether oxygens (including phenoxy) is 1. The van der Waals surface area contributed by atoms with Crippen molar-refractivity contribution in [3.05, 3.63) is 46.2 Å². The molecule has 2 aromatic rings. The minimum atomic E-state index is -0.240. The Morgan fingerprint density at radius 2 is 2.24 bits per heavy atom. The van der Waals surface area contributed by atoms with Gasteiger partial charge < -0.3 is 14.6 Å². The number of rotatable bonds is 3. The molecule has 0 saturated carbocycles. The van der Waals surface area contributed by atoms with Gasteiger partial charge in [0, 0.05) is 31.7 Å². The maximum Gasteiger partial charge on any atom is 0.268 e. The summed E-state index contributed by atoms with van der Waals surface area (Å²) in [6.07, 6.45) is 2.10. The first-order chi connectivity index (χ1) is 10.2. The predicted octanol–water partition coefficient (Wildman–Crippen LogP) is 1.45. The molecule has 21 heavy (non-hydrogen) atoms. The quantitative estimate of drug-likeness (QED) is 0.929. The standard InChI is InChI=1S/C16H18N2O3/c1-18-13-7-3-2-6-12(13)15(19)9-14(18)16(20)17-10-11-5-4-8-21-11/h2-3,6-7,9,11H,4-5,8,10H2,1H3,(H,17,20). The van der Waals surface area contributed by atoms with E-state index in [1.807, 2.05) is 18.2 Å². The lowest BCUT2D eigenvalue weighted by Gasteiger charge is -2.14. The molecular weight excluding hydrogens is 268 g/mol. The van der Waals surface area contributed by atoms with E-state index in [0.717, 1.165) is 25.0 Å². The molecule has 0 radical (unpaired) electrons. The second-order valence-corrected chi connectivity index (χ2v) is 5.32. The largest absolute Gasteiger partial charge is 0.376 e. The number of hydrogen-bond donors (Lipinski definition) is 1. The van der Waals surface area contributed by atoms with Gasteiger partial charge in [-0.2, -0.15) is 0 Å². The third-order valence-corrected chi connectivity index (χ3v) is 3.91. The van der Waals surface area contributed by atoms with E-state index >= 15 is 0 Å². The van der Waals surface area contributed by atoms with Crippen LogP contribution in [0, 0.1) is 0 Å².